The van der Waals surface area contributed by atoms with Crippen LogP contribution in [0.2, 0.25) is 5.02 Å². The highest BCUT2D eigenvalue weighted by Gasteiger charge is 2.42. The Morgan fingerprint density at radius 3 is 2.20 bits per heavy atom. The molecule has 2 fully saturated rings. The third-order valence-corrected chi connectivity index (χ3v) is 16.6. The third-order valence-electron chi connectivity index (χ3n) is 15.3. The van der Waals surface area contributed by atoms with Crippen LogP contribution in [0.15, 0.2) is 72.2 Å². The van der Waals surface area contributed by atoms with E-state index in [9.17, 15) is 29.1 Å². The van der Waals surface area contributed by atoms with E-state index < -0.39 is 29.2 Å². The minimum absolute atomic E-state index is 0.0243. The van der Waals surface area contributed by atoms with E-state index in [0.717, 1.165) is 21.7 Å². The molecule has 20 nitrogen and oxygen atoms in total. The molecule has 2 aliphatic heterocycles. The second-order valence-corrected chi connectivity index (χ2v) is 24.1. The number of thiazole rings is 1. The van der Waals surface area contributed by atoms with E-state index in [1.807, 2.05) is 98.5 Å². The fourth-order valence-electron chi connectivity index (χ4n) is 10.6. The molecule has 8 rings (SSSR count). The number of hydrogen-bond donors (Lipinski definition) is 4. The molecule has 0 radical (unpaired) electrons. The molecule has 4 heterocycles. The van der Waals surface area contributed by atoms with Crippen molar-refractivity contribution in [3.8, 4) is 27.3 Å². The number of carbonyl (C=O) groups excluding carboxylic acids is 5. The van der Waals surface area contributed by atoms with Gasteiger partial charge in [-0.25, -0.2) is 14.4 Å². The summed E-state index contributed by atoms with van der Waals surface area (Å²) in [6, 6.07) is 18.3. The maximum absolute atomic E-state index is 17.0. The number of carbonyl (C=O) groups is 5. The number of fused-ring (bicyclic) bond motifs is 2. The number of halogens is 2. The molecule has 4 N–H and O–H groups in total. The Morgan fingerprint density at radius 2 is 1.52 bits per heavy atom. The highest BCUT2D eigenvalue weighted by atomic mass is 35.5. The Balaban J connectivity index is 0.690. The van der Waals surface area contributed by atoms with Crippen LogP contribution in [0.4, 0.5) is 16.2 Å². The van der Waals surface area contributed by atoms with Crippen LogP contribution in [0.5, 0.6) is 5.75 Å². The molecule has 0 unspecified atom stereocenters. The van der Waals surface area contributed by atoms with Crippen molar-refractivity contribution in [1.29, 1.82) is 0 Å². The van der Waals surface area contributed by atoms with Crippen LogP contribution in [0, 0.1) is 18.2 Å². The fourth-order valence-corrected chi connectivity index (χ4v) is 11.7. The van der Waals surface area contributed by atoms with Gasteiger partial charge in [0, 0.05) is 83.8 Å². The molecule has 0 saturated carbocycles. The van der Waals surface area contributed by atoms with E-state index in [0.29, 0.717) is 125 Å². The zero-order valence-electron chi connectivity index (χ0n) is 50.2. The lowest BCUT2D eigenvalue weighted by molar-refractivity contribution is -0.144. The van der Waals surface area contributed by atoms with Crippen LogP contribution in [0.1, 0.15) is 83.5 Å². The van der Waals surface area contributed by atoms with Crippen LogP contribution >= 0.6 is 22.9 Å². The zero-order chi connectivity index (χ0) is 61.5. The quantitative estimate of drug-likeness (QED) is 0.0337. The average Bonchev–Trinajstić information content (AvgIpc) is 1.03. The van der Waals surface area contributed by atoms with Crippen molar-refractivity contribution >= 4 is 85.9 Å². The molecule has 4 aromatic carbocycles. The number of unbranched alkanes of at least 4 members (excludes halogenated alkanes) is 1. The minimum atomic E-state index is -0.873. The van der Waals surface area contributed by atoms with Gasteiger partial charge in [0.2, 0.25) is 35.5 Å². The molecule has 86 heavy (non-hydrogen) atoms. The van der Waals surface area contributed by atoms with Crippen molar-refractivity contribution < 1.29 is 52.4 Å². The van der Waals surface area contributed by atoms with Crippen molar-refractivity contribution in [3.05, 3.63) is 94.3 Å². The summed E-state index contributed by atoms with van der Waals surface area (Å²) in [6.07, 6.45) is 3.08. The highest BCUT2D eigenvalue weighted by Crippen LogP contribution is 2.42. The summed E-state index contributed by atoms with van der Waals surface area (Å²) in [6.45, 7) is 13.9. The van der Waals surface area contributed by atoms with Gasteiger partial charge in [0.25, 0.3) is 0 Å². The van der Waals surface area contributed by atoms with Crippen LogP contribution < -0.4 is 20.9 Å². The van der Waals surface area contributed by atoms with Gasteiger partial charge in [0.15, 0.2) is 5.82 Å². The Bertz CT molecular complexity index is 3320. The van der Waals surface area contributed by atoms with Crippen LogP contribution in [0.3, 0.4) is 0 Å². The largest absolute Gasteiger partial charge is 0.508 e. The Hall–Kier alpha value is -7.08. The lowest BCUT2D eigenvalue weighted by Crippen LogP contribution is -2.58. The molecule has 0 spiro atoms. The summed E-state index contributed by atoms with van der Waals surface area (Å²) in [7, 11) is 3.35. The van der Waals surface area contributed by atoms with Crippen molar-refractivity contribution in [1.82, 2.24) is 40.3 Å². The fraction of sp³-hybridized carbons (Fsp3) is 0.492. The molecule has 0 aliphatic carbocycles. The van der Waals surface area contributed by atoms with E-state index in [1.165, 1.54) is 11.0 Å². The van der Waals surface area contributed by atoms with Gasteiger partial charge in [0.1, 0.15) is 35.8 Å². The summed E-state index contributed by atoms with van der Waals surface area (Å²) in [5.74, 6) is -1.16. The predicted octanol–water partition coefficient (Wildman–Crippen LogP) is 8.55. The minimum Gasteiger partial charge on any atom is -0.508 e. The molecule has 6 aromatic rings. The first-order valence-corrected chi connectivity index (χ1v) is 30.6. The molecular formula is C63H80ClFN10O10S. The molecule has 2 aliphatic rings. The lowest BCUT2D eigenvalue weighted by atomic mass is 9.85. The number of aromatic nitrogens is 3. The van der Waals surface area contributed by atoms with Gasteiger partial charge in [-0.2, -0.15) is 4.98 Å². The number of benzene rings is 4. The van der Waals surface area contributed by atoms with E-state index in [4.69, 9.17) is 35.5 Å². The van der Waals surface area contributed by atoms with Gasteiger partial charge < -0.3 is 59.6 Å². The van der Waals surface area contributed by atoms with Crippen molar-refractivity contribution in [2.45, 2.75) is 91.3 Å². The molecule has 23 heteroatoms. The van der Waals surface area contributed by atoms with Gasteiger partial charge in [-0.1, -0.05) is 80.9 Å². The van der Waals surface area contributed by atoms with Crippen molar-refractivity contribution in [3.63, 3.8) is 0 Å². The molecule has 3 atom stereocenters. The van der Waals surface area contributed by atoms with Crippen LogP contribution in [-0.4, -0.2) is 183 Å². The van der Waals surface area contributed by atoms with Gasteiger partial charge in [0.05, 0.1) is 66.8 Å². The molecule has 5 amide bonds. The smallest absolute Gasteiger partial charge is 0.246 e. The van der Waals surface area contributed by atoms with Gasteiger partial charge >= 0.3 is 0 Å². The first-order chi connectivity index (χ1) is 41.3. The van der Waals surface area contributed by atoms with E-state index in [-0.39, 0.29) is 90.3 Å². The maximum Gasteiger partial charge on any atom is 0.246 e. The number of anilines is 2. The summed E-state index contributed by atoms with van der Waals surface area (Å²) in [4.78, 5) is 88.2. The number of nitrogens with one attached hydrogen (secondary N) is 3. The predicted molar refractivity (Wildman–Crippen MR) is 332 cm³/mol. The van der Waals surface area contributed by atoms with Crippen LogP contribution in [-0.2, 0) is 42.9 Å². The highest BCUT2D eigenvalue weighted by molar-refractivity contribution is 7.13. The monoisotopic (exact) mass is 1220 g/mol. The number of ether oxygens (including phenoxy) is 4. The number of rotatable bonds is 28. The van der Waals surface area contributed by atoms with Gasteiger partial charge in [-0.3, -0.25) is 24.0 Å². The average molecular weight is 1220 g/mol. The van der Waals surface area contributed by atoms with Crippen LogP contribution in [0.25, 0.3) is 43.2 Å². The van der Waals surface area contributed by atoms with Gasteiger partial charge in [-0.15, -0.1) is 11.3 Å². The number of aromatic hydroxyl groups is 1. The third kappa shape index (κ3) is 16.9. The Labute approximate surface area is 511 Å². The SMILES string of the molecule is Cc1ncsc1-c1ccc([C@H](C)NC(=O)[C@@H]2CCCN2C(=O)[C@@H](NC(=O)COCCOCCOCCOCCCCC(=O)N2CCN(c3nc(NCCC(=O)N(C)C)nc4c(F)c(-c5cc(O)cc6ccccc56)c(Cl)cc34)CC2)C(C)(C)C)cc1. The second kappa shape index (κ2) is 30.5. The molecule has 2 saturated heterocycles. The number of phenols is 1. The number of piperazine rings is 1. The topological polar surface area (TPSA) is 230 Å². The summed E-state index contributed by atoms with van der Waals surface area (Å²) >= 11 is 8.50. The maximum atomic E-state index is 17.0. The first-order valence-electron chi connectivity index (χ1n) is 29.4. The standard InChI is InChI=1S/C63H80ClFN10O10S/c1-40(42-17-19-43(20-18-42)57-41(2)67-39-86-57)68-60(80)50-15-12-23-75(50)61(81)58(63(3,4)5)69-51(77)38-85-34-33-84-32-31-83-30-29-82-28-11-10-16-53(79)73-24-26-74(27-25-73)59-48-37-49(64)54(47-36-45(76)35-44-13-8-9-14-46(44)47)55(65)56(48)70-62(71-59)66-22-21-52(78)72(6)7/h8-9,13-14,17-20,35-37,39-40,50,58,76H,10-12,15-16,21-34,38H2,1-7H3,(H,68,80)(H,69,77)(H,66,70,71)/t40-,50-,58+/m0/s1. The normalized spacial score (nSPS) is 15.3. The van der Waals surface area contributed by atoms with Gasteiger partial charge in [-0.05, 0) is 90.6 Å². The number of hydrogen-bond acceptors (Lipinski definition) is 16. The van der Waals surface area contributed by atoms with Crippen molar-refractivity contribution in [2.75, 3.05) is 116 Å². The van der Waals surface area contributed by atoms with Crippen molar-refractivity contribution in [2.24, 2.45) is 5.41 Å². The molecule has 0 bridgehead atoms. The summed E-state index contributed by atoms with van der Waals surface area (Å²) < 4.78 is 39.5. The first kappa shape index (κ1) is 64.9. The zero-order valence-corrected chi connectivity index (χ0v) is 51.8. The molecule has 462 valence electrons. The number of likely N-dealkylation sites (tertiary alicyclic amines) is 1. The number of amides is 5. The summed E-state index contributed by atoms with van der Waals surface area (Å²) in [5.41, 5.74) is 4.72. The van der Waals surface area contributed by atoms with E-state index in [2.05, 4.69) is 25.9 Å². The number of nitrogens with zero attached hydrogens (tertiary/aromatic N) is 7. The molecule has 2 aromatic heterocycles. The lowest BCUT2D eigenvalue weighted by Gasteiger charge is -2.36. The molecular weight excluding hydrogens is 1140 g/mol. The summed E-state index contributed by atoms with van der Waals surface area (Å²) in [5, 5.41) is 21.6. The number of phenolic OH excluding ortho intramolecular Hbond substituents is 1. The Kier molecular flexibility index (Phi) is 23.0. The number of aryl methyl sites for hydroxylation is 1. The van der Waals surface area contributed by atoms with E-state index in [1.54, 1.807) is 42.5 Å². The Morgan fingerprint density at radius 1 is 0.837 bits per heavy atom. The second-order valence-electron chi connectivity index (χ2n) is 22.9. The van der Waals surface area contributed by atoms with E-state index >= 15 is 4.39 Å².